The van der Waals surface area contributed by atoms with Gasteiger partial charge >= 0.3 is 0 Å². The van der Waals surface area contributed by atoms with E-state index in [4.69, 9.17) is 16.3 Å². The van der Waals surface area contributed by atoms with Crippen LogP contribution in [0.25, 0.3) is 0 Å². The minimum absolute atomic E-state index is 0.0103. The minimum Gasteiger partial charge on any atom is -0.489 e. The molecule has 19 heavy (non-hydrogen) atoms. The van der Waals surface area contributed by atoms with Crippen molar-refractivity contribution in [3.05, 3.63) is 23.2 Å². The van der Waals surface area contributed by atoms with Crippen molar-refractivity contribution in [2.75, 3.05) is 18.9 Å². The molecule has 5 heteroatoms. The number of ether oxygens (including phenoxy) is 1. The number of halogens is 1. The van der Waals surface area contributed by atoms with Gasteiger partial charge in [0.2, 0.25) is 5.91 Å². The fraction of sp³-hybridized carbons (Fsp3) is 0.500. The number of nitrogens with one attached hydrogen (secondary N) is 2. The first-order chi connectivity index (χ1) is 9.02. The number of hydrogen-bond acceptors (Lipinski definition) is 3. The third kappa shape index (κ3) is 5.94. The van der Waals surface area contributed by atoms with Crippen molar-refractivity contribution in [2.45, 2.75) is 32.8 Å². The Kier molecular flexibility index (Phi) is 6.67. The van der Waals surface area contributed by atoms with Crippen LogP contribution in [0.4, 0.5) is 5.69 Å². The third-order valence-electron chi connectivity index (χ3n) is 2.41. The molecule has 0 fully saturated rings. The topological polar surface area (TPSA) is 50.4 Å². The molecule has 0 aliphatic heterocycles. The van der Waals surface area contributed by atoms with Crippen LogP contribution in [0.15, 0.2) is 18.2 Å². The molecule has 0 radical (unpaired) electrons. The van der Waals surface area contributed by atoms with Crippen LogP contribution in [0.5, 0.6) is 5.75 Å². The number of benzene rings is 1. The molecule has 2 N–H and O–H groups in total. The van der Waals surface area contributed by atoms with Gasteiger partial charge in [-0.3, -0.25) is 4.79 Å². The second-order valence-electron chi connectivity index (χ2n) is 4.57. The zero-order valence-electron chi connectivity index (χ0n) is 11.6. The largest absolute Gasteiger partial charge is 0.489 e. The van der Waals surface area contributed by atoms with Gasteiger partial charge in [-0.05, 0) is 52.1 Å². The first kappa shape index (κ1) is 15.8. The summed E-state index contributed by atoms with van der Waals surface area (Å²) >= 11 is 6.10. The fourth-order valence-corrected chi connectivity index (χ4v) is 1.80. The highest BCUT2D eigenvalue weighted by Gasteiger charge is 2.07. The smallest absolute Gasteiger partial charge is 0.224 e. The molecular formula is C14H21ClN2O2. The summed E-state index contributed by atoms with van der Waals surface area (Å²) in [7, 11) is 1.87. The first-order valence-electron chi connectivity index (χ1n) is 6.43. The van der Waals surface area contributed by atoms with E-state index in [0.717, 1.165) is 13.0 Å². The first-order valence-corrected chi connectivity index (χ1v) is 6.81. The van der Waals surface area contributed by atoms with E-state index in [0.29, 0.717) is 22.9 Å². The van der Waals surface area contributed by atoms with Crippen LogP contribution in [0.3, 0.4) is 0 Å². The summed E-state index contributed by atoms with van der Waals surface area (Å²) in [5.41, 5.74) is 0.690. The van der Waals surface area contributed by atoms with Gasteiger partial charge in [-0.15, -0.1) is 0 Å². The Labute approximate surface area is 119 Å². The van der Waals surface area contributed by atoms with E-state index in [1.54, 1.807) is 18.2 Å². The molecule has 1 rings (SSSR count). The van der Waals surface area contributed by atoms with Crippen LogP contribution in [-0.4, -0.2) is 25.6 Å². The van der Waals surface area contributed by atoms with Crippen LogP contribution in [0, 0.1) is 0 Å². The number of hydrogen-bond donors (Lipinski definition) is 2. The molecule has 1 aromatic rings. The highest BCUT2D eigenvalue weighted by molar-refractivity contribution is 6.32. The van der Waals surface area contributed by atoms with Crippen molar-refractivity contribution in [2.24, 2.45) is 0 Å². The highest BCUT2D eigenvalue weighted by atomic mass is 35.5. The van der Waals surface area contributed by atoms with E-state index in [1.165, 1.54) is 0 Å². The zero-order valence-corrected chi connectivity index (χ0v) is 12.4. The molecule has 0 atom stereocenters. The molecule has 0 aliphatic carbocycles. The van der Waals surface area contributed by atoms with E-state index in [1.807, 2.05) is 20.9 Å². The molecule has 0 unspecified atom stereocenters. The Morgan fingerprint density at radius 3 is 2.74 bits per heavy atom. The van der Waals surface area contributed by atoms with Crippen LogP contribution in [-0.2, 0) is 4.79 Å². The van der Waals surface area contributed by atoms with Crippen molar-refractivity contribution in [3.8, 4) is 5.75 Å². The number of carbonyl (C=O) groups excluding carboxylic acids is 1. The average Bonchev–Trinajstić information content (AvgIpc) is 2.32. The Balaban J connectivity index is 2.55. The standard InChI is InChI=1S/C14H21ClN2O2/c1-10(2)19-13-7-6-11(9-12(13)15)17-14(18)5-4-8-16-3/h6-7,9-10,16H,4-5,8H2,1-3H3,(H,17,18). The van der Waals surface area contributed by atoms with Gasteiger partial charge in [0.15, 0.2) is 0 Å². The molecule has 4 nitrogen and oxygen atoms in total. The van der Waals surface area contributed by atoms with Gasteiger partial charge in [0.1, 0.15) is 5.75 Å². The minimum atomic E-state index is -0.0103. The van der Waals surface area contributed by atoms with Crippen molar-refractivity contribution in [1.82, 2.24) is 5.32 Å². The van der Waals surface area contributed by atoms with Gasteiger partial charge in [-0.1, -0.05) is 11.6 Å². The van der Waals surface area contributed by atoms with Gasteiger partial charge in [-0.25, -0.2) is 0 Å². The molecule has 0 heterocycles. The molecule has 0 saturated carbocycles. The zero-order chi connectivity index (χ0) is 14.3. The maximum atomic E-state index is 11.6. The lowest BCUT2D eigenvalue weighted by molar-refractivity contribution is -0.116. The van der Waals surface area contributed by atoms with Crippen LogP contribution >= 0.6 is 11.6 Å². The van der Waals surface area contributed by atoms with Crippen molar-refractivity contribution in [3.63, 3.8) is 0 Å². The van der Waals surface area contributed by atoms with E-state index < -0.39 is 0 Å². The summed E-state index contributed by atoms with van der Waals surface area (Å²) in [5, 5.41) is 6.32. The Morgan fingerprint density at radius 2 is 2.16 bits per heavy atom. The van der Waals surface area contributed by atoms with Gasteiger partial charge in [-0.2, -0.15) is 0 Å². The van der Waals surface area contributed by atoms with Crippen molar-refractivity contribution >= 4 is 23.2 Å². The summed E-state index contributed by atoms with van der Waals surface area (Å²) in [6.45, 7) is 4.71. The number of anilines is 1. The van der Waals surface area contributed by atoms with Gasteiger partial charge in [0.05, 0.1) is 11.1 Å². The van der Waals surface area contributed by atoms with E-state index in [2.05, 4.69) is 10.6 Å². The number of amides is 1. The molecular weight excluding hydrogens is 264 g/mol. The van der Waals surface area contributed by atoms with Gasteiger partial charge in [0.25, 0.3) is 0 Å². The van der Waals surface area contributed by atoms with Crippen molar-refractivity contribution in [1.29, 1.82) is 0 Å². The molecule has 0 aromatic heterocycles. The number of rotatable bonds is 7. The predicted molar refractivity (Wildman–Crippen MR) is 79.0 cm³/mol. The second kappa shape index (κ2) is 8.02. The molecule has 0 spiro atoms. The second-order valence-corrected chi connectivity index (χ2v) is 4.97. The monoisotopic (exact) mass is 284 g/mol. The summed E-state index contributed by atoms with van der Waals surface area (Å²) in [6.07, 6.45) is 1.37. The fourth-order valence-electron chi connectivity index (χ4n) is 1.58. The van der Waals surface area contributed by atoms with Crippen molar-refractivity contribution < 1.29 is 9.53 Å². The number of carbonyl (C=O) groups is 1. The van der Waals surface area contributed by atoms with Crippen LogP contribution in [0.2, 0.25) is 5.02 Å². The maximum absolute atomic E-state index is 11.6. The molecule has 1 amide bonds. The summed E-state index contributed by atoms with van der Waals surface area (Å²) in [4.78, 5) is 11.6. The molecule has 0 saturated heterocycles. The Hall–Kier alpha value is -1.26. The summed E-state index contributed by atoms with van der Waals surface area (Å²) < 4.78 is 5.53. The lowest BCUT2D eigenvalue weighted by Crippen LogP contribution is -2.15. The summed E-state index contributed by atoms with van der Waals surface area (Å²) in [5.74, 6) is 0.619. The SMILES string of the molecule is CNCCCC(=O)Nc1ccc(OC(C)C)c(Cl)c1. The highest BCUT2D eigenvalue weighted by Crippen LogP contribution is 2.28. The Bertz CT molecular complexity index is 422. The Morgan fingerprint density at radius 1 is 1.42 bits per heavy atom. The normalized spacial score (nSPS) is 10.6. The molecule has 0 bridgehead atoms. The van der Waals surface area contributed by atoms with E-state index in [9.17, 15) is 4.79 Å². The van der Waals surface area contributed by atoms with E-state index in [-0.39, 0.29) is 12.0 Å². The van der Waals surface area contributed by atoms with E-state index >= 15 is 0 Å². The van der Waals surface area contributed by atoms with Crippen LogP contribution in [0.1, 0.15) is 26.7 Å². The molecule has 0 aliphatic rings. The predicted octanol–water partition coefficient (Wildman–Crippen LogP) is 3.07. The lowest BCUT2D eigenvalue weighted by atomic mass is 10.2. The lowest BCUT2D eigenvalue weighted by Gasteiger charge is -2.12. The maximum Gasteiger partial charge on any atom is 0.224 e. The average molecular weight is 285 g/mol. The molecule has 1 aromatic carbocycles. The van der Waals surface area contributed by atoms with Gasteiger partial charge < -0.3 is 15.4 Å². The third-order valence-corrected chi connectivity index (χ3v) is 2.70. The molecule has 106 valence electrons. The van der Waals surface area contributed by atoms with Crippen LogP contribution < -0.4 is 15.4 Å². The quantitative estimate of drug-likeness (QED) is 0.757. The van der Waals surface area contributed by atoms with Gasteiger partial charge in [0, 0.05) is 12.1 Å². The summed E-state index contributed by atoms with van der Waals surface area (Å²) in [6, 6.07) is 5.26.